The highest BCUT2D eigenvalue weighted by molar-refractivity contribution is 5.84. The molecule has 8 heteroatoms. The molecule has 2 heterocycles. The number of halogens is 5. The Morgan fingerprint density at radius 3 is 2.29 bits per heavy atom. The van der Waals surface area contributed by atoms with Crippen molar-refractivity contribution in [3.8, 4) is 5.88 Å². The van der Waals surface area contributed by atoms with E-state index in [1.165, 1.54) is 18.2 Å². The van der Waals surface area contributed by atoms with Crippen molar-refractivity contribution >= 4 is 16.6 Å². The van der Waals surface area contributed by atoms with Crippen LogP contribution in [-0.4, -0.2) is 29.4 Å². The fraction of sp³-hybridized carbons (Fsp3) is 0.348. The molecule has 2 aromatic carbocycles. The monoisotopic (exact) mass is 436 g/mol. The van der Waals surface area contributed by atoms with Gasteiger partial charge in [-0.25, -0.2) is 4.98 Å². The highest BCUT2D eigenvalue weighted by Gasteiger charge is 2.59. The fourth-order valence-electron chi connectivity index (χ4n) is 4.17. The smallest absolute Gasteiger partial charge is 0.458 e. The molecule has 1 aromatic heterocycles. The highest BCUT2D eigenvalue weighted by atomic mass is 19.4. The van der Waals surface area contributed by atoms with E-state index in [9.17, 15) is 27.1 Å². The van der Waals surface area contributed by atoms with E-state index in [2.05, 4.69) is 4.98 Å². The Kier molecular flexibility index (Phi) is 5.49. The second-order valence-electron chi connectivity index (χ2n) is 7.89. The first-order valence-corrected chi connectivity index (χ1v) is 10.0. The van der Waals surface area contributed by atoms with Crippen LogP contribution in [0, 0.1) is 5.92 Å². The van der Waals surface area contributed by atoms with Crippen LogP contribution in [0.3, 0.4) is 0 Å². The Morgan fingerprint density at radius 2 is 1.58 bits per heavy atom. The molecule has 0 saturated carbocycles. The van der Waals surface area contributed by atoms with E-state index in [0.29, 0.717) is 37.1 Å². The minimum Gasteiger partial charge on any atom is -0.492 e. The van der Waals surface area contributed by atoms with Gasteiger partial charge in [0.05, 0.1) is 5.52 Å². The van der Waals surface area contributed by atoms with Gasteiger partial charge in [-0.3, -0.25) is 0 Å². The van der Waals surface area contributed by atoms with Gasteiger partial charge in [-0.1, -0.05) is 42.5 Å². The van der Waals surface area contributed by atoms with Crippen LogP contribution in [0.1, 0.15) is 24.0 Å². The van der Waals surface area contributed by atoms with Crippen LogP contribution in [0.5, 0.6) is 5.88 Å². The Morgan fingerprint density at radius 1 is 0.935 bits per heavy atom. The molecular formula is C23H21F5N2O. The number of para-hydroxylation sites is 1. The molecule has 164 valence electrons. The molecule has 0 aliphatic carbocycles. The number of aromatic nitrogens is 1. The maximum absolute atomic E-state index is 14.0. The molecule has 1 saturated heterocycles. The lowest BCUT2D eigenvalue weighted by atomic mass is 9.87. The van der Waals surface area contributed by atoms with Crippen LogP contribution in [0.25, 0.3) is 10.9 Å². The number of piperidine rings is 1. The van der Waals surface area contributed by atoms with Gasteiger partial charge in [0, 0.05) is 24.0 Å². The summed E-state index contributed by atoms with van der Waals surface area (Å²) < 4.78 is 66.6. The number of nitrogens with zero attached hydrogens (tertiary/aromatic N) is 2. The zero-order chi connectivity index (χ0) is 22.2. The van der Waals surface area contributed by atoms with Crippen molar-refractivity contribution in [2.75, 3.05) is 18.0 Å². The number of alkyl halides is 5. The van der Waals surface area contributed by atoms with Crippen LogP contribution >= 0.6 is 0 Å². The molecule has 31 heavy (non-hydrogen) atoms. The predicted octanol–water partition coefficient (Wildman–Crippen LogP) is 6.05. The number of pyridine rings is 1. The number of rotatable bonds is 4. The van der Waals surface area contributed by atoms with Crippen molar-refractivity contribution in [2.45, 2.75) is 31.4 Å². The van der Waals surface area contributed by atoms with E-state index in [1.807, 2.05) is 29.2 Å². The average Bonchev–Trinajstić information content (AvgIpc) is 2.73. The fourth-order valence-corrected chi connectivity index (χ4v) is 4.17. The number of anilines is 1. The molecule has 1 fully saturated rings. The molecule has 3 nitrogen and oxygen atoms in total. The summed E-state index contributed by atoms with van der Waals surface area (Å²) in [4.78, 5) is 6.20. The molecule has 3 aromatic rings. The minimum absolute atomic E-state index is 0.0264. The topological polar surface area (TPSA) is 36.4 Å². The first kappa shape index (κ1) is 21.3. The molecule has 1 aliphatic rings. The van der Waals surface area contributed by atoms with E-state index >= 15 is 0 Å². The maximum Gasteiger partial charge on any atom is 0.458 e. The van der Waals surface area contributed by atoms with Crippen LogP contribution in [0.4, 0.5) is 27.6 Å². The van der Waals surface area contributed by atoms with Crippen LogP contribution < -0.4 is 4.90 Å². The van der Waals surface area contributed by atoms with Crippen LogP contribution in [-0.2, 0) is 12.3 Å². The lowest BCUT2D eigenvalue weighted by molar-refractivity contribution is -0.289. The normalized spacial score (nSPS) is 16.1. The van der Waals surface area contributed by atoms with Gasteiger partial charge in [0.15, 0.2) is 0 Å². The SMILES string of the molecule is Oc1nc2ccccc2cc1N1CCC(Cc2ccccc2C(F)(F)C(F)(F)F)CC1. The van der Waals surface area contributed by atoms with Crippen molar-refractivity contribution in [1.29, 1.82) is 0 Å². The second kappa shape index (κ2) is 7.98. The standard InChI is InChI=1S/C23H21F5N2O/c24-22(25,23(26,27)28)18-7-3-1-5-16(18)13-15-9-11-30(12-10-15)20-14-17-6-2-4-8-19(17)29-21(20)31/h1-8,14-15H,9-13H2,(H,29,31). The molecule has 0 atom stereocenters. The highest BCUT2D eigenvalue weighted by Crippen LogP contribution is 2.45. The third-order valence-corrected chi connectivity index (χ3v) is 5.86. The number of hydrogen-bond donors (Lipinski definition) is 1. The van der Waals surface area contributed by atoms with Gasteiger partial charge in [-0.2, -0.15) is 22.0 Å². The summed E-state index contributed by atoms with van der Waals surface area (Å²) in [6, 6.07) is 14.2. The summed E-state index contributed by atoms with van der Waals surface area (Å²) in [5, 5.41) is 11.2. The Bertz CT molecular complexity index is 1070. The van der Waals surface area contributed by atoms with E-state index in [0.717, 1.165) is 11.5 Å². The average molecular weight is 436 g/mol. The zero-order valence-electron chi connectivity index (χ0n) is 16.5. The summed E-state index contributed by atoms with van der Waals surface area (Å²) in [7, 11) is 0. The second-order valence-corrected chi connectivity index (χ2v) is 7.89. The van der Waals surface area contributed by atoms with Crippen molar-refractivity contribution in [3.05, 3.63) is 65.7 Å². The molecule has 0 radical (unpaired) electrons. The van der Waals surface area contributed by atoms with Crippen LogP contribution in [0.15, 0.2) is 54.6 Å². The Labute approximate surface area is 176 Å². The number of benzene rings is 2. The Hall–Kier alpha value is -2.90. The molecule has 1 N–H and O–H groups in total. The number of fused-ring (bicyclic) bond motifs is 1. The van der Waals surface area contributed by atoms with Gasteiger partial charge in [-0.15, -0.1) is 0 Å². The van der Waals surface area contributed by atoms with Gasteiger partial charge in [-0.05, 0) is 42.9 Å². The van der Waals surface area contributed by atoms with E-state index in [-0.39, 0.29) is 23.8 Å². The van der Waals surface area contributed by atoms with Crippen molar-refractivity contribution in [3.63, 3.8) is 0 Å². The summed E-state index contributed by atoms with van der Waals surface area (Å²) in [6.45, 7) is 1.10. The summed E-state index contributed by atoms with van der Waals surface area (Å²) >= 11 is 0. The molecule has 0 spiro atoms. The van der Waals surface area contributed by atoms with Gasteiger partial charge in [0.2, 0.25) is 5.88 Å². The first-order chi connectivity index (χ1) is 14.7. The van der Waals surface area contributed by atoms with Crippen LogP contribution in [0.2, 0.25) is 0 Å². The van der Waals surface area contributed by atoms with Crippen molar-refractivity contribution in [2.24, 2.45) is 5.92 Å². The largest absolute Gasteiger partial charge is 0.492 e. The quantitative estimate of drug-likeness (QED) is 0.506. The first-order valence-electron chi connectivity index (χ1n) is 10.0. The molecule has 1 aliphatic heterocycles. The third-order valence-electron chi connectivity index (χ3n) is 5.86. The van der Waals surface area contributed by atoms with Gasteiger partial charge in [0.1, 0.15) is 5.69 Å². The molecule has 0 bridgehead atoms. The lowest BCUT2D eigenvalue weighted by Crippen LogP contribution is -2.36. The zero-order valence-corrected chi connectivity index (χ0v) is 16.5. The maximum atomic E-state index is 14.0. The molecular weight excluding hydrogens is 415 g/mol. The lowest BCUT2D eigenvalue weighted by Gasteiger charge is -2.34. The summed E-state index contributed by atoms with van der Waals surface area (Å²) in [6.07, 6.45) is -4.26. The van der Waals surface area contributed by atoms with Gasteiger partial charge < -0.3 is 10.0 Å². The van der Waals surface area contributed by atoms with E-state index in [1.54, 1.807) is 6.07 Å². The van der Waals surface area contributed by atoms with Crippen molar-refractivity contribution in [1.82, 2.24) is 4.98 Å². The van der Waals surface area contributed by atoms with Crippen molar-refractivity contribution < 1.29 is 27.1 Å². The van der Waals surface area contributed by atoms with E-state index < -0.39 is 17.7 Å². The molecule has 4 rings (SSSR count). The summed E-state index contributed by atoms with van der Waals surface area (Å²) in [5.41, 5.74) is 0.335. The Balaban J connectivity index is 1.48. The van der Waals surface area contributed by atoms with E-state index in [4.69, 9.17) is 0 Å². The number of hydrogen-bond acceptors (Lipinski definition) is 3. The van der Waals surface area contributed by atoms with Gasteiger partial charge in [0.25, 0.3) is 0 Å². The third kappa shape index (κ3) is 4.16. The molecule has 0 amide bonds. The van der Waals surface area contributed by atoms with Gasteiger partial charge >= 0.3 is 12.1 Å². The summed E-state index contributed by atoms with van der Waals surface area (Å²) in [5.74, 6) is -4.99. The minimum atomic E-state index is -5.63. The molecule has 0 unspecified atom stereocenters. The number of aromatic hydroxyl groups is 1. The predicted molar refractivity (Wildman–Crippen MR) is 108 cm³/mol.